The van der Waals surface area contributed by atoms with Crippen molar-refractivity contribution in [2.45, 2.75) is 13.2 Å². The molecule has 0 aromatic heterocycles. The van der Waals surface area contributed by atoms with Crippen molar-refractivity contribution in [3.8, 4) is 0 Å². The quantitative estimate of drug-likeness (QED) is 0.722. The second-order valence-electron chi connectivity index (χ2n) is 4.38. The summed E-state index contributed by atoms with van der Waals surface area (Å²) in [4.78, 5) is 11.4. The van der Waals surface area contributed by atoms with Gasteiger partial charge in [0.2, 0.25) is 0 Å². The average molecular weight is 370 g/mol. The monoisotopic (exact) mass is 368 g/mol. The van der Waals surface area contributed by atoms with Crippen LogP contribution < -0.4 is 0 Å². The third-order valence-electron chi connectivity index (χ3n) is 2.95. The van der Waals surface area contributed by atoms with E-state index in [0.29, 0.717) is 23.8 Å². The van der Waals surface area contributed by atoms with Crippen molar-refractivity contribution in [3.05, 3.63) is 68.7 Å². The van der Waals surface area contributed by atoms with E-state index in [0.717, 1.165) is 15.6 Å². The standard InChI is InChI=1S/C16H14BrClO3/c1-20-16(19)11-6-7-12(14(17)8-11)9-21-10-13-4-2-3-5-15(13)18/h2-8H,9-10H2,1H3. The van der Waals surface area contributed by atoms with Gasteiger partial charge in [0, 0.05) is 9.50 Å². The number of halogens is 2. The lowest BCUT2D eigenvalue weighted by Crippen LogP contribution is -2.02. The summed E-state index contributed by atoms with van der Waals surface area (Å²) in [6.07, 6.45) is 0. The number of carbonyl (C=O) groups excluding carboxylic acids is 1. The topological polar surface area (TPSA) is 35.5 Å². The molecule has 3 nitrogen and oxygen atoms in total. The van der Waals surface area contributed by atoms with E-state index >= 15 is 0 Å². The van der Waals surface area contributed by atoms with E-state index in [1.807, 2.05) is 30.3 Å². The Morgan fingerprint density at radius 3 is 2.52 bits per heavy atom. The van der Waals surface area contributed by atoms with Gasteiger partial charge in [-0.15, -0.1) is 0 Å². The fourth-order valence-electron chi connectivity index (χ4n) is 1.80. The summed E-state index contributed by atoms with van der Waals surface area (Å²) < 4.78 is 11.2. The molecule has 0 fully saturated rings. The van der Waals surface area contributed by atoms with Crippen LogP contribution in [0.25, 0.3) is 0 Å². The van der Waals surface area contributed by atoms with Gasteiger partial charge in [0.1, 0.15) is 0 Å². The van der Waals surface area contributed by atoms with E-state index in [1.54, 1.807) is 12.1 Å². The van der Waals surface area contributed by atoms with Crippen molar-refractivity contribution in [2.75, 3.05) is 7.11 Å². The summed E-state index contributed by atoms with van der Waals surface area (Å²) >= 11 is 9.50. The van der Waals surface area contributed by atoms with Gasteiger partial charge in [-0.1, -0.05) is 51.8 Å². The molecule has 0 unspecified atom stereocenters. The maximum Gasteiger partial charge on any atom is 0.337 e. The highest BCUT2D eigenvalue weighted by molar-refractivity contribution is 9.10. The zero-order valence-corrected chi connectivity index (χ0v) is 13.8. The lowest BCUT2D eigenvalue weighted by atomic mass is 10.1. The SMILES string of the molecule is COC(=O)c1ccc(COCc2ccccc2Cl)c(Br)c1. The number of benzene rings is 2. The Kier molecular flexibility index (Phi) is 5.79. The van der Waals surface area contributed by atoms with Crippen molar-refractivity contribution >= 4 is 33.5 Å². The Bertz CT molecular complexity index is 643. The molecule has 0 N–H and O–H groups in total. The van der Waals surface area contributed by atoms with Crippen LogP contribution in [0.4, 0.5) is 0 Å². The van der Waals surface area contributed by atoms with Gasteiger partial charge >= 0.3 is 5.97 Å². The van der Waals surface area contributed by atoms with Gasteiger partial charge in [0.15, 0.2) is 0 Å². The molecular formula is C16H14BrClO3. The molecule has 0 amide bonds. The molecule has 0 heterocycles. The van der Waals surface area contributed by atoms with E-state index in [9.17, 15) is 4.79 Å². The first-order valence-corrected chi connectivity index (χ1v) is 7.47. The molecule has 0 aliphatic rings. The van der Waals surface area contributed by atoms with Crippen molar-refractivity contribution in [1.29, 1.82) is 0 Å². The van der Waals surface area contributed by atoms with Gasteiger partial charge in [-0.2, -0.15) is 0 Å². The Morgan fingerprint density at radius 1 is 1.14 bits per heavy atom. The van der Waals surface area contributed by atoms with Gasteiger partial charge in [-0.25, -0.2) is 4.79 Å². The minimum Gasteiger partial charge on any atom is -0.465 e. The van der Waals surface area contributed by atoms with Crippen molar-refractivity contribution in [1.82, 2.24) is 0 Å². The summed E-state index contributed by atoms with van der Waals surface area (Å²) in [7, 11) is 1.36. The van der Waals surface area contributed by atoms with Crippen LogP contribution in [0.3, 0.4) is 0 Å². The predicted octanol–water partition coefficient (Wildman–Crippen LogP) is 4.61. The minimum absolute atomic E-state index is 0.362. The maximum absolute atomic E-state index is 11.4. The van der Waals surface area contributed by atoms with Gasteiger partial charge < -0.3 is 9.47 Å². The molecule has 0 atom stereocenters. The van der Waals surface area contributed by atoms with Gasteiger partial charge in [0.25, 0.3) is 0 Å². The van der Waals surface area contributed by atoms with Crippen LogP contribution in [0.2, 0.25) is 5.02 Å². The number of hydrogen-bond acceptors (Lipinski definition) is 3. The molecule has 5 heteroatoms. The smallest absolute Gasteiger partial charge is 0.337 e. The summed E-state index contributed by atoms with van der Waals surface area (Å²) in [6.45, 7) is 0.859. The van der Waals surface area contributed by atoms with Crippen LogP contribution in [0.1, 0.15) is 21.5 Å². The van der Waals surface area contributed by atoms with E-state index < -0.39 is 0 Å². The first-order chi connectivity index (χ1) is 10.1. The molecule has 0 aliphatic carbocycles. The number of carbonyl (C=O) groups is 1. The van der Waals surface area contributed by atoms with E-state index in [1.165, 1.54) is 7.11 Å². The lowest BCUT2D eigenvalue weighted by Gasteiger charge is -2.09. The fourth-order valence-corrected chi connectivity index (χ4v) is 2.48. The number of rotatable bonds is 5. The molecule has 2 rings (SSSR count). The van der Waals surface area contributed by atoms with Crippen LogP contribution >= 0.6 is 27.5 Å². The van der Waals surface area contributed by atoms with Gasteiger partial charge in [0.05, 0.1) is 25.9 Å². The minimum atomic E-state index is -0.362. The van der Waals surface area contributed by atoms with Gasteiger partial charge in [-0.3, -0.25) is 0 Å². The Labute approximate surface area is 137 Å². The molecule has 0 saturated carbocycles. The lowest BCUT2D eigenvalue weighted by molar-refractivity contribution is 0.0600. The first kappa shape index (κ1) is 16.0. The third-order valence-corrected chi connectivity index (χ3v) is 4.05. The molecule has 0 spiro atoms. The molecule has 0 bridgehead atoms. The highest BCUT2D eigenvalue weighted by Gasteiger charge is 2.08. The van der Waals surface area contributed by atoms with Crippen molar-refractivity contribution in [3.63, 3.8) is 0 Å². The first-order valence-electron chi connectivity index (χ1n) is 6.29. The zero-order valence-electron chi connectivity index (χ0n) is 11.4. The largest absolute Gasteiger partial charge is 0.465 e. The summed E-state index contributed by atoms with van der Waals surface area (Å²) in [5, 5.41) is 0.692. The summed E-state index contributed by atoms with van der Waals surface area (Å²) in [5.74, 6) is -0.362. The normalized spacial score (nSPS) is 10.4. The average Bonchev–Trinajstić information content (AvgIpc) is 2.50. The number of methoxy groups -OCH3 is 1. The second kappa shape index (κ2) is 7.59. The van der Waals surface area contributed by atoms with E-state index in [4.69, 9.17) is 16.3 Å². The van der Waals surface area contributed by atoms with Crippen molar-refractivity contribution in [2.24, 2.45) is 0 Å². The van der Waals surface area contributed by atoms with Crippen LogP contribution in [-0.2, 0) is 22.7 Å². The van der Waals surface area contributed by atoms with Crippen LogP contribution in [0.15, 0.2) is 46.9 Å². The molecule has 110 valence electrons. The van der Waals surface area contributed by atoms with Crippen LogP contribution in [0, 0.1) is 0 Å². The Balaban J connectivity index is 1.98. The van der Waals surface area contributed by atoms with E-state index in [2.05, 4.69) is 20.7 Å². The highest BCUT2D eigenvalue weighted by atomic mass is 79.9. The molecule has 21 heavy (non-hydrogen) atoms. The molecule has 0 radical (unpaired) electrons. The number of esters is 1. The fraction of sp³-hybridized carbons (Fsp3) is 0.188. The molecular weight excluding hydrogens is 356 g/mol. The third kappa shape index (κ3) is 4.30. The molecule has 2 aromatic rings. The Morgan fingerprint density at radius 2 is 1.86 bits per heavy atom. The molecule has 0 aliphatic heterocycles. The molecule has 0 saturated heterocycles. The number of hydrogen-bond donors (Lipinski definition) is 0. The van der Waals surface area contributed by atoms with Crippen molar-refractivity contribution < 1.29 is 14.3 Å². The second-order valence-corrected chi connectivity index (χ2v) is 5.64. The van der Waals surface area contributed by atoms with Crippen LogP contribution in [-0.4, -0.2) is 13.1 Å². The Hall–Kier alpha value is -1.36. The van der Waals surface area contributed by atoms with Crippen LogP contribution in [0.5, 0.6) is 0 Å². The zero-order chi connectivity index (χ0) is 15.2. The molecule has 2 aromatic carbocycles. The summed E-state index contributed by atoms with van der Waals surface area (Å²) in [5.41, 5.74) is 2.40. The predicted molar refractivity (Wildman–Crippen MR) is 85.4 cm³/mol. The number of ether oxygens (including phenoxy) is 2. The summed E-state index contributed by atoms with van der Waals surface area (Å²) in [6, 6.07) is 12.8. The highest BCUT2D eigenvalue weighted by Crippen LogP contribution is 2.21. The maximum atomic E-state index is 11.4. The van der Waals surface area contributed by atoms with Gasteiger partial charge in [-0.05, 0) is 29.3 Å². The van der Waals surface area contributed by atoms with E-state index in [-0.39, 0.29) is 5.97 Å².